The molecular formula is C22H27F4N3O3S. The van der Waals surface area contributed by atoms with Crippen LogP contribution < -0.4 is 10.0 Å². The van der Waals surface area contributed by atoms with E-state index in [1.165, 1.54) is 13.0 Å². The van der Waals surface area contributed by atoms with E-state index in [2.05, 4.69) is 15.0 Å². The number of alkyl halides is 3. The van der Waals surface area contributed by atoms with Gasteiger partial charge < -0.3 is 5.32 Å². The third kappa shape index (κ3) is 8.30. The molecular weight excluding hydrogens is 462 g/mol. The van der Waals surface area contributed by atoms with Gasteiger partial charge in [-0.05, 0) is 55.0 Å². The van der Waals surface area contributed by atoms with Crippen LogP contribution in [0.15, 0.2) is 24.3 Å². The summed E-state index contributed by atoms with van der Waals surface area (Å²) in [5.74, 6) is -1.12. The van der Waals surface area contributed by atoms with Crippen LogP contribution in [-0.4, -0.2) is 25.6 Å². The van der Waals surface area contributed by atoms with E-state index in [0.29, 0.717) is 35.2 Å². The smallest absolute Gasteiger partial charge is 0.352 e. The van der Waals surface area contributed by atoms with Crippen LogP contribution in [-0.2, 0) is 40.4 Å². The van der Waals surface area contributed by atoms with E-state index in [9.17, 15) is 30.8 Å². The Morgan fingerprint density at radius 2 is 1.85 bits per heavy atom. The Morgan fingerprint density at radius 3 is 2.42 bits per heavy atom. The molecule has 1 aromatic heterocycles. The van der Waals surface area contributed by atoms with Crippen molar-refractivity contribution >= 4 is 21.6 Å². The summed E-state index contributed by atoms with van der Waals surface area (Å²) in [5.41, 5.74) is 0.629. The molecule has 0 saturated carbocycles. The Balaban J connectivity index is 2.02. The fourth-order valence-electron chi connectivity index (χ4n) is 3.25. The zero-order chi connectivity index (χ0) is 24.8. The first kappa shape index (κ1) is 26.6. The average molecular weight is 490 g/mol. The van der Waals surface area contributed by atoms with Crippen molar-refractivity contribution in [2.45, 2.75) is 58.7 Å². The van der Waals surface area contributed by atoms with E-state index in [0.717, 1.165) is 24.8 Å². The molecule has 1 heterocycles. The first-order valence-electron chi connectivity index (χ1n) is 10.4. The number of aromatic nitrogens is 1. The van der Waals surface area contributed by atoms with Gasteiger partial charge in [-0.1, -0.05) is 25.5 Å². The largest absolute Gasteiger partial charge is 0.433 e. The van der Waals surface area contributed by atoms with E-state index < -0.39 is 27.7 Å². The highest BCUT2D eigenvalue weighted by atomic mass is 32.2. The molecule has 0 aliphatic heterocycles. The van der Waals surface area contributed by atoms with Crippen molar-refractivity contribution in [3.63, 3.8) is 0 Å². The van der Waals surface area contributed by atoms with Gasteiger partial charge in [-0.2, -0.15) is 13.2 Å². The van der Waals surface area contributed by atoms with Gasteiger partial charge in [-0.15, -0.1) is 0 Å². The van der Waals surface area contributed by atoms with Crippen LogP contribution in [0.2, 0.25) is 0 Å². The second-order valence-corrected chi connectivity index (χ2v) is 9.57. The quantitative estimate of drug-likeness (QED) is 0.481. The lowest BCUT2D eigenvalue weighted by atomic mass is 10.0. The van der Waals surface area contributed by atoms with Gasteiger partial charge in [0.25, 0.3) is 0 Å². The number of anilines is 1. The third-order valence-electron chi connectivity index (χ3n) is 4.87. The van der Waals surface area contributed by atoms with Gasteiger partial charge in [-0.25, -0.2) is 17.8 Å². The number of hydrogen-bond donors (Lipinski definition) is 2. The molecule has 0 aliphatic rings. The normalized spacial score (nSPS) is 12.0. The minimum Gasteiger partial charge on any atom is -0.352 e. The summed E-state index contributed by atoms with van der Waals surface area (Å²) in [7, 11) is -3.64. The maximum Gasteiger partial charge on any atom is 0.433 e. The standard InChI is InChI=1S/C22H27F4N3O3S/c1-4-5-6-18-16(7-9-19(28-18)22(24,25)26)8-10-20(30)27-13-15-11-14(2)21(17(23)12-15)29-33(3,31)32/h7,9,11-12,29H,4-6,8,10,13H2,1-3H3,(H,27,30). The van der Waals surface area contributed by atoms with Crippen molar-refractivity contribution < 1.29 is 30.8 Å². The molecule has 0 unspecified atom stereocenters. The average Bonchev–Trinajstić information content (AvgIpc) is 2.70. The summed E-state index contributed by atoms with van der Waals surface area (Å²) in [4.78, 5) is 16.0. The molecule has 0 fully saturated rings. The zero-order valence-corrected chi connectivity index (χ0v) is 19.5. The van der Waals surface area contributed by atoms with Crippen molar-refractivity contribution in [3.05, 3.63) is 58.2 Å². The lowest BCUT2D eigenvalue weighted by Crippen LogP contribution is -2.23. The Kier molecular flexibility index (Phi) is 8.82. The van der Waals surface area contributed by atoms with E-state index in [1.807, 2.05) is 6.92 Å². The molecule has 1 aromatic carbocycles. The molecule has 2 aromatic rings. The minimum absolute atomic E-state index is 0.0176. The lowest BCUT2D eigenvalue weighted by molar-refractivity contribution is -0.141. The summed E-state index contributed by atoms with van der Waals surface area (Å²) in [6, 6.07) is 4.96. The fourth-order valence-corrected chi connectivity index (χ4v) is 3.87. The molecule has 6 nitrogen and oxygen atoms in total. The van der Waals surface area contributed by atoms with Gasteiger partial charge in [0.1, 0.15) is 11.5 Å². The van der Waals surface area contributed by atoms with Crippen LogP contribution in [0.1, 0.15) is 54.3 Å². The summed E-state index contributed by atoms with van der Waals surface area (Å²) in [6.45, 7) is 3.48. The van der Waals surface area contributed by atoms with Crippen LogP contribution in [0, 0.1) is 12.7 Å². The van der Waals surface area contributed by atoms with Crippen LogP contribution in [0.5, 0.6) is 0 Å². The number of aryl methyl sites for hydroxylation is 3. The van der Waals surface area contributed by atoms with Crippen LogP contribution in [0.4, 0.5) is 23.2 Å². The molecule has 11 heteroatoms. The Bertz CT molecular complexity index is 1080. The van der Waals surface area contributed by atoms with Crippen molar-refractivity contribution in [2.24, 2.45) is 0 Å². The van der Waals surface area contributed by atoms with Gasteiger partial charge in [0, 0.05) is 18.7 Å². The molecule has 0 aliphatic carbocycles. The number of nitrogens with one attached hydrogen (secondary N) is 2. The lowest BCUT2D eigenvalue weighted by Gasteiger charge is -2.13. The Morgan fingerprint density at radius 1 is 1.15 bits per heavy atom. The maximum absolute atomic E-state index is 14.3. The van der Waals surface area contributed by atoms with E-state index in [1.54, 1.807) is 6.07 Å². The second-order valence-electron chi connectivity index (χ2n) is 7.82. The van der Waals surface area contributed by atoms with E-state index in [4.69, 9.17) is 0 Å². The second kappa shape index (κ2) is 11.0. The first-order chi connectivity index (χ1) is 15.3. The molecule has 1 amide bonds. The fraction of sp³-hybridized carbons (Fsp3) is 0.455. The summed E-state index contributed by atoms with van der Waals surface area (Å²) >= 11 is 0. The number of rotatable bonds is 10. The highest BCUT2D eigenvalue weighted by molar-refractivity contribution is 7.92. The summed E-state index contributed by atoms with van der Waals surface area (Å²) in [6.07, 6.45) is -1.49. The number of hydrogen-bond acceptors (Lipinski definition) is 4. The van der Waals surface area contributed by atoms with Crippen LogP contribution in [0.3, 0.4) is 0 Å². The molecule has 182 valence electrons. The summed E-state index contributed by atoms with van der Waals surface area (Å²) < 4.78 is 78.0. The number of halogens is 4. The van der Waals surface area contributed by atoms with Crippen molar-refractivity contribution in [1.82, 2.24) is 10.3 Å². The number of pyridine rings is 1. The highest BCUT2D eigenvalue weighted by Crippen LogP contribution is 2.29. The molecule has 0 saturated heterocycles. The first-order valence-corrected chi connectivity index (χ1v) is 12.3. The van der Waals surface area contributed by atoms with E-state index >= 15 is 0 Å². The number of carbonyl (C=O) groups is 1. The monoisotopic (exact) mass is 489 g/mol. The van der Waals surface area contributed by atoms with Crippen molar-refractivity contribution in [2.75, 3.05) is 11.0 Å². The van der Waals surface area contributed by atoms with Crippen molar-refractivity contribution in [1.29, 1.82) is 0 Å². The molecule has 0 bridgehead atoms. The third-order valence-corrected chi connectivity index (χ3v) is 5.45. The number of amides is 1. The summed E-state index contributed by atoms with van der Waals surface area (Å²) in [5, 5.41) is 2.64. The minimum atomic E-state index is -4.53. The van der Waals surface area contributed by atoms with Crippen molar-refractivity contribution in [3.8, 4) is 0 Å². The number of sulfonamides is 1. The number of benzene rings is 1. The zero-order valence-electron chi connectivity index (χ0n) is 18.6. The molecule has 2 N–H and O–H groups in total. The van der Waals surface area contributed by atoms with E-state index in [-0.39, 0.29) is 31.0 Å². The number of carbonyl (C=O) groups excluding carboxylic acids is 1. The molecule has 0 spiro atoms. The van der Waals surface area contributed by atoms with Crippen LogP contribution >= 0.6 is 0 Å². The van der Waals surface area contributed by atoms with Crippen LogP contribution in [0.25, 0.3) is 0 Å². The molecule has 2 rings (SSSR count). The number of unbranched alkanes of at least 4 members (excludes halogenated alkanes) is 1. The van der Waals surface area contributed by atoms with Gasteiger partial charge in [0.05, 0.1) is 11.9 Å². The maximum atomic E-state index is 14.3. The predicted molar refractivity (Wildman–Crippen MR) is 118 cm³/mol. The Hall–Kier alpha value is -2.69. The number of nitrogens with zero attached hydrogens (tertiary/aromatic N) is 1. The molecule has 33 heavy (non-hydrogen) atoms. The predicted octanol–water partition coefficient (Wildman–Crippen LogP) is 4.51. The van der Waals surface area contributed by atoms with Gasteiger partial charge in [0.15, 0.2) is 0 Å². The topological polar surface area (TPSA) is 88.2 Å². The SMILES string of the molecule is CCCCc1nc(C(F)(F)F)ccc1CCC(=O)NCc1cc(C)c(NS(C)(=O)=O)c(F)c1. The molecule has 0 atom stereocenters. The van der Waals surface area contributed by atoms with Gasteiger partial charge in [-0.3, -0.25) is 9.52 Å². The van der Waals surface area contributed by atoms with Gasteiger partial charge in [0.2, 0.25) is 15.9 Å². The highest BCUT2D eigenvalue weighted by Gasteiger charge is 2.32. The molecule has 0 radical (unpaired) electrons. The van der Waals surface area contributed by atoms with Gasteiger partial charge >= 0.3 is 6.18 Å². The Labute approximate surface area is 190 Å².